The molecule has 0 aliphatic rings. The molecule has 2 atom stereocenters. The van der Waals surface area contributed by atoms with Crippen molar-refractivity contribution < 1.29 is 14.3 Å². The van der Waals surface area contributed by atoms with Crippen molar-refractivity contribution >= 4 is 12.0 Å². The van der Waals surface area contributed by atoms with Gasteiger partial charge in [-0.2, -0.15) is 0 Å². The first-order valence-corrected chi connectivity index (χ1v) is 6.07. The van der Waals surface area contributed by atoms with Crippen molar-refractivity contribution in [1.29, 1.82) is 0 Å². The van der Waals surface area contributed by atoms with Gasteiger partial charge >= 0.3 is 6.09 Å². The fourth-order valence-corrected chi connectivity index (χ4v) is 1.54. The molecule has 0 aliphatic heterocycles. The van der Waals surface area contributed by atoms with Crippen molar-refractivity contribution in [3.63, 3.8) is 0 Å². The molecule has 5 nitrogen and oxygen atoms in total. The molecule has 0 aromatic rings. The summed E-state index contributed by atoms with van der Waals surface area (Å²) in [6, 6.07) is -0.523. The van der Waals surface area contributed by atoms with Crippen molar-refractivity contribution in [2.75, 3.05) is 14.2 Å². The summed E-state index contributed by atoms with van der Waals surface area (Å²) in [5.41, 5.74) is 0. The Kier molecular flexibility index (Phi) is 7.08. The number of ether oxygens (including phenoxy) is 1. The number of hydrogen-bond acceptors (Lipinski definition) is 3. The summed E-state index contributed by atoms with van der Waals surface area (Å²) < 4.78 is 4.53. The van der Waals surface area contributed by atoms with Gasteiger partial charge in [0, 0.05) is 13.1 Å². The molecule has 5 heteroatoms. The maximum Gasteiger partial charge on any atom is 0.407 e. The first kappa shape index (κ1) is 16.5. The number of rotatable bonds is 6. The fraction of sp³-hybridized carbons (Fsp3) is 0.692. The van der Waals surface area contributed by atoms with Crippen LogP contribution in [0.3, 0.4) is 0 Å². The van der Waals surface area contributed by atoms with Crippen LogP contribution < -0.4 is 5.32 Å². The molecule has 1 N–H and O–H groups in total. The Balaban J connectivity index is 4.75. The normalized spacial score (nSPS) is 13.7. The van der Waals surface area contributed by atoms with Gasteiger partial charge in [-0.1, -0.05) is 19.9 Å². The fourth-order valence-electron chi connectivity index (χ4n) is 1.54. The van der Waals surface area contributed by atoms with E-state index in [0.717, 1.165) is 0 Å². The van der Waals surface area contributed by atoms with E-state index in [1.54, 1.807) is 18.0 Å². The number of carbonyl (C=O) groups is 2. The van der Waals surface area contributed by atoms with Gasteiger partial charge in [0.15, 0.2) is 0 Å². The second-order valence-electron chi connectivity index (χ2n) is 4.68. The van der Waals surface area contributed by atoms with Crippen molar-refractivity contribution in [3.05, 3.63) is 12.7 Å². The van der Waals surface area contributed by atoms with Crippen molar-refractivity contribution in [3.8, 4) is 0 Å². The van der Waals surface area contributed by atoms with Crippen LogP contribution in [0.5, 0.6) is 0 Å². The third kappa shape index (κ3) is 4.77. The lowest BCUT2D eigenvalue weighted by Gasteiger charge is -2.30. The van der Waals surface area contributed by atoms with Crippen LogP contribution >= 0.6 is 0 Å². The van der Waals surface area contributed by atoms with E-state index in [2.05, 4.69) is 16.6 Å². The Bertz CT molecular complexity index is 303. The number of methoxy groups -OCH3 is 1. The largest absolute Gasteiger partial charge is 0.453 e. The molecule has 0 fully saturated rings. The number of likely N-dealkylation sites (N-methyl/N-ethyl adjacent to an activating group) is 1. The van der Waals surface area contributed by atoms with Crippen LogP contribution in [0.15, 0.2) is 12.7 Å². The molecule has 2 amide bonds. The summed E-state index contributed by atoms with van der Waals surface area (Å²) >= 11 is 0. The van der Waals surface area contributed by atoms with Crippen molar-refractivity contribution in [2.24, 2.45) is 5.92 Å². The smallest absolute Gasteiger partial charge is 0.407 e. The zero-order chi connectivity index (χ0) is 14.3. The number of nitrogens with one attached hydrogen (secondary N) is 1. The van der Waals surface area contributed by atoms with Crippen LogP contribution in [-0.4, -0.2) is 43.1 Å². The van der Waals surface area contributed by atoms with E-state index in [0.29, 0.717) is 6.42 Å². The molecule has 18 heavy (non-hydrogen) atoms. The Hall–Kier alpha value is -1.52. The van der Waals surface area contributed by atoms with Gasteiger partial charge in [0.1, 0.15) is 6.04 Å². The van der Waals surface area contributed by atoms with Gasteiger partial charge in [0.05, 0.1) is 7.11 Å². The third-order valence-corrected chi connectivity index (χ3v) is 2.91. The minimum Gasteiger partial charge on any atom is -0.453 e. The van der Waals surface area contributed by atoms with Crippen LogP contribution in [0.2, 0.25) is 0 Å². The standard InChI is InChI=1S/C13H24N2O3/c1-7-8-10(4)15(5)12(16)11(9(2)3)14-13(17)18-6/h7,9-11H,1,8H2,2-6H3,(H,14,17)/t10-,11+/m1/s1. The Morgan fingerprint density at radius 1 is 1.39 bits per heavy atom. The van der Waals surface area contributed by atoms with E-state index in [1.807, 2.05) is 20.8 Å². The Morgan fingerprint density at radius 2 is 1.94 bits per heavy atom. The highest BCUT2D eigenvalue weighted by Crippen LogP contribution is 2.10. The first-order chi connectivity index (χ1) is 8.34. The summed E-state index contributed by atoms with van der Waals surface area (Å²) in [6.07, 6.45) is 1.89. The summed E-state index contributed by atoms with van der Waals surface area (Å²) in [6.45, 7) is 9.35. The molecule has 0 aliphatic carbocycles. The second-order valence-corrected chi connectivity index (χ2v) is 4.68. The Labute approximate surface area is 109 Å². The number of hydrogen-bond donors (Lipinski definition) is 1. The Morgan fingerprint density at radius 3 is 2.33 bits per heavy atom. The third-order valence-electron chi connectivity index (χ3n) is 2.91. The molecular formula is C13H24N2O3. The minimum absolute atomic E-state index is 0.00465. The van der Waals surface area contributed by atoms with Crippen LogP contribution in [0.4, 0.5) is 4.79 Å². The van der Waals surface area contributed by atoms with Gasteiger partial charge in [0.25, 0.3) is 0 Å². The van der Waals surface area contributed by atoms with Gasteiger partial charge in [0.2, 0.25) is 5.91 Å². The van der Waals surface area contributed by atoms with Crippen LogP contribution in [-0.2, 0) is 9.53 Å². The zero-order valence-electron chi connectivity index (χ0n) is 11.9. The molecule has 0 bridgehead atoms. The van der Waals surface area contributed by atoms with Crippen molar-refractivity contribution in [2.45, 2.75) is 39.3 Å². The number of amides is 2. The van der Waals surface area contributed by atoms with E-state index in [-0.39, 0.29) is 17.9 Å². The van der Waals surface area contributed by atoms with E-state index in [9.17, 15) is 9.59 Å². The molecule has 0 aromatic carbocycles. The predicted molar refractivity (Wildman–Crippen MR) is 71.2 cm³/mol. The van der Waals surface area contributed by atoms with Gasteiger partial charge < -0.3 is 15.0 Å². The molecule has 0 heterocycles. The monoisotopic (exact) mass is 256 g/mol. The molecule has 104 valence electrons. The maximum atomic E-state index is 12.3. The first-order valence-electron chi connectivity index (χ1n) is 6.07. The lowest BCUT2D eigenvalue weighted by Crippen LogP contribution is -2.52. The maximum absolute atomic E-state index is 12.3. The van der Waals surface area contributed by atoms with E-state index < -0.39 is 12.1 Å². The van der Waals surface area contributed by atoms with E-state index >= 15 is 0 Å². The quantitative estimate of drug-likeness (QED) is 0.737. The lowest BCUT2D eigenvalue weighted by molar-refractivity contribution is -0.134. The second kappa shape index (κ2) is 7.74. The highest BCUT2D eigenvalue weighted by molar-refractivity contribution is 5.86. The number of carbonyl (C=O) groups excluding carboxylic acids is 2. The van der Waals surface area contributed by atoms with Crippen LogP contribution in [0.25, 0.3) is 0 Å². The van der Waals surface area contributed by atoms with Gasteiger partial charge in [-0.05, 0) is 19.3 Å². The molecule has 0 radical (unpaired) electrons. The summed E-state index contributed by atoms with van der Waals surface area (Å²) in [7, 11) is 3.01. The van der Waals surface area contributed by atoms with E-state index in [1.165, 1.54) is 7.11 Å². The molecule has 0 rings (SSSR count). The SMILES string of the molecule is C=CC[C@@H](C)N(C)C(=O)[C@@H](NC(=O)OC)C(C)C. The van der Waals surface area contributed by atoms with Gasteiger partial charge in [-0.25, -0.2) is 4.79 Å². The number of nitrogens with zero attached hydrogens (tertiary/aromatic N) is 1. The molecule has 0 aromatic heterocycles. The summed E-state index contributed by atoms with van der Waals surface area (Å²) in [4.78, 5) is 25.1. The summed E-state index contributed by atoms with van der Waals surface area (Å²) in [5.74, 6) is -0.125. The number of alkyl carbamates (subject to hydrolysis) is 1. The highest BCUT2D eigenvalue weighted by atomic mass is 16.5. The van der Waals surface area contributed by atoms with E-state index in [4.69, 9.17) is 0 Å². The minimum atomic E-state index is -0.591. The molecule has 0 saturated heterocycles. The molecule has 0 saturated carbocycles. The topological polar surface area (TPSA) is 58.6 Å². The zero-order valence-corrected chi connectivity index (χ0v) is 11.9. The molecule has 0 unspecified atom stereocenters. The van der Waals surface area contributed by atoms with Gasteiger partial charge in [-0.15, -0.1) is 6.58 Å². The van der Waals surface area contributed by atoms with Crippen LogP contribution in [0.1, 0.15) is 27.2 Å². The summed E-state index contributed by atoms with van der Waals surface area (Å²) in [5, 5.41) is 2.57. The molecular weight excluding hydrogens is 232 g/mol. The predicted octanol–water partition coefficient (Wildman–Crippen LogP) is 1.79. The van der Waals surface area contributed by atoms with Crippen molar-refractivity contribution in [1.82, 2.24) is 10.2 Å². The average Bonchev–Trinajstić information content (AvgIpc) is 2.33. The average molecular weight is 256 g/mol. The van der Waals surface area contributed by atoms with Crippen LogP contribution in [0, 0.1) is 5.92 Å². The lowest BCUT2D eigenvalue weighted by atomic mass is 10.0. The molecule has 0 spiro atoms. The highest BCUT2D eigenvalue weighted by Gasteiger charge is 2.28. The van der Waals surface area contributed by atoms with Gasteiger partial charge in [-0.3, -0.25) is 4.79 Å².